The van der Waals surface area contributed by atoms with Crippen molar-refractivity contribution >= 4 is 21.9 Å². The second-order valence-electron chi connectivity index (χ2n) is 5.40. The molecular weight excluding hydrogens is 328 g/mol. The average Bonchev–Trinajstić information content (AvgIpc) is 3.27. The maximum atomic E-state index is 11.9. The highest BCUT2D eigenvalue weighted by molar-refractivity contribution is 7.90. The molecule has 0 unspecified atom stereocenters. The predicted molar refractivity (Wildman–Crippen MR) is 77.5 cm³/mol. The number of nitro benzene ring substituents is 1. The van der Waals surface area contributed by atoms with Gasteiger partial charge >= 0.3 is 6.16 Å². The van der Waals surface area contributed by atoms with Gasteiger partial charge in [-0.25, -0.2) is 13.2 Å². The van der Waals surface area contributed by atoms with E-state index in [2.05, 4.69) is 0 Å². The van der Waals surface area contributed by atoms with Crippen LogP contribution in [0.25, 0.3) is 0 Å². The SMILES string of the molecule is O=C(Oc1ccc([N+](=O)[O-])cc1)OC1CN(S(=O)(=O)C2CC2)C1. The molecule has 2 fully saturated rings. The molecule has 1 heterocycles. The van der Waals surface area contributed by atoms with E-state index >= 15 is 0 Å². The molecule has 1 aliphatic carbocycles. The summed E-state index contributed by atoms with van der Waals surface area (Å²) in [6, 6.07) is 4.97. The number of ether oxygens (including phenoxy) is 2. The number of carbonyl (C=O) groups is 1. The first-order valence-corrected chi connectivity index (χ1v) is 8.48. The van der Waals surface area contributed by atoms with E-state index in [-0.39, 0.29) is 29.8 Å². The Morgan fingerprint density at radius 2 is 1.83 bits per heavy atom. The number of hydrogen-bond acceptors (Lipinski definition) is 7. The van der Waals surface area contributed by atoms with Crippen molar-refractivity contribution in [3.63, 3.8) is 0 Å². The molecule has 0 atom stereocenters. The number of rotatable bonds is 5. The van der Waals surface area contributed by atoms with Gasteiger partial charge in [0.1, 0.15) is 11.9 Å². The van der Waals surface area contributed by atoms with Gasteiger partial charge < -0.3 is 9.47 Å². The molecule has 0 spiro atoms. The predicted octanol–water partition coefficient (Wildman–Crippen LogP) is 1.29. The Balaban J connectivity index is 1.46. The lowest BCUT2D eigenvalue weighted by molar-refractivity contribution is -0.384. The van der Waals surface area contributed by atoms with Crippen molar-refractivity contribution in [2.24, 2.45) is 0 Å². The highest BCUT2D eigenvalue weighted by atomic mass is 32.2. The monoisotopic (exact) mass is 342 g/mol. The van der Waals surface area contributed by atoms with E-state index in [1.165, 1.54) is 28.6 Å². The zero-order chi connectivity index (χ0) is 16.6. The summed E-state index contributed by atoms with van der Waals surface area (Å²) in [5.41, 5.74) is -0.120. The molecule has 2 aliphatic rings. The number of benzene rings is 1. The van der Waals surface area contributed by atoms with Gasteiger partial charge in [0, 0.05) is 12.1 Å². The van der Waals surface area contributed by atoms with Gasteiger partial charge in [-0.3, -0.25) is 10.1 Å². The molecule has 0 amide bonds. The fourth-order valence-corrected chi connectivity index (χ4v) is 4.05. The lowest BCUT2D eigenvalue weighted by atomic mass is 10.2. The third kappa shape index (κ3) is 3.42. The zero-order valence-corrected chi connectivity index (χ0v) is 12.8. The maximum Gasteiger partial charge on any atom is 0.514 e. The number of nitrogens with zero attached hydrogens (tertiary/aromatic N) is 2. The largest absolute Gasteiger partial charge is 0.514 e. The van der Waals surface area contributed by atoms with Crippen LogP contribution in [0, 0.1) is 10.1 Å². The van der Waals surface area contributed by atoms with E-state index in [1.807, 2.05) is 0 Å². The van der Waals surface area contributed by atoms with Gasteiger partial charge in [0.25, 0.3) is 5.69 Å². The lowest BCUT2D eigenvalue weighted by Crippen LogP contribution is -2.56. The Labute approximate surface area is 132 Å². The molecule has 10 heteroatoms. The second kappa shape index (κ2) is 5.78. The van der Waals surface area contributed by atoms with Crippen LogP contribution in [-0.4, -0.2) is 48.2 Å². The molecule has 1 aromatic rings. The van der Waals surface area contributed by atoms with E-state index in [9.17, 15) is 23.3 Å². The Morgan fingerprint density at radius 3 is 2.35 bits per heavy atom. The third-order valence-electron chi connectivity index (χ3n) is 3.63. The van der Waals surface area contributed by atoms with Crippen molar-refractivity contribution in [1.82, 2.24) is 4.31 Å². The summed E-state index contributed by atoms with van der Waals surface area (Å²) < 4.78 is 34.9. The van der Waals surface area contributed by atoms with Crippen LogP contribution in [0.2, 0.25) is 0 Å². The Kier molecular flexibility index (Phi) is 3.94. The number of sulfonamides is 1. The molecule has 23 heavy (non-hydrogen) atoms. The van der Waals surface area contributed by atoms with Gasteiger partial charge in [-0.2, -0.15) is 4.31 Å². The van der Waals surface area contributed by atoms with Crippen LogP contribution in [-0.2, 0) is 14.8 Å². The van der Waals surface area contributed by atoms with Gasteiger partial charge in [-0.15, -0.1) is 0 Å². The number of hydrogen-bond donors (Lipinski definition) is 0. The van der Waals surface area contributed by atoms with E-state index in [0.717, 1.165) is 0 Å². The summed E-state index contributed by atoms with van der Waals surface area (Å²) in [4.78, 5) is 21.5. The van der Waals surface area contributed by atoms with Gasteiger partial charge in [0.05, 0.1) is 23.3 Å². The molecule has 9 nitrogen and oxygen atoms in total. The van der Waals surface area contributed by atoms with Crippen LogP contribution in [0.15, 0.2) is 24.3 Å². The summed E-state index contributed by atoms with van der Waals surface area (Å²) >= 11 is 0. The minimum Gasteiger partial charge on any atom is -0.428 e. The van der Waals surface area contributed by atoms with Crippen LogP contribution in [0.4, 0.5) is 10.5 Å². The van der Waals surface area contributed by atoms with Crippen LogP contribution in [0.3, 0.4) is 0 Å². The van der Waals surface area contributed by atoms with Crippen molar-refractivity contribution in [1.29, 1.82) is 0 Å². The molecule has 1 aromatic carbocycles. The molecule has 1 saturated carbocycles. The fourth-order valence-electron chi connectivity index (χ4n) is 2.15. The molecule has 0 radical (unpaired) electrons. The molecule has 0 aromatic heterocycles. The fraction of sp³-hybridized carbons (Fsp3) is 0.462. The molecule has 0 bridgehead atoms. The van der Waals surface area contributed by atoms with E-state index in [0.29, 0.717) is 12.8 Å². The van der Waals surface area contributed by atoms with Crippen LogP contribution in [0.5, 0.6) is 5.75 Å². The van der Waals surface area contributed by atoms with Crippen molar-refractivity contribution in [2.45, 2.75) is 24.2 Å². The Morgan fingerprint density at radius 1 is 1.22 bits per heavy atom. The van der Waals surface area contributed by atoms with Gasteiger partial charge in [-0.1, -0.05) is 0 Å². The number of non-ortho nitro benzene ring substituents is 1. The van der Waals surface area contributed by atoms with Crippen molar-refractivity contribution < 1.29 is 27.6 Å². The maximum absolute atomic E-state index is 11.9. The van der Waals surface area contributed by atoms with Crippen molar-refractivity contribution in [3.8, 4) is 5.75 Å². The minimum atomic E-state index is -3.23. The number of carbonyl (C=O) groups excluding carboxylic acids is 1. The minimum absolute atomic E-state index is 0.113. The van der Waals surface area contributed by atoms with E-state index < -0.39 is 27.2 Å². The smallest absolute Gasteiger partial charge is 0.428 e. The van der Waals surface area contributed by atoms with Gasteiger partial charge in [-0.05, 0) is 25.0 Å². The van der Waals surface area contributed by atoms with Crippen molar-refractivity contribution in [2.75, 3.05) is 13.1 Å². The van der Waals surface area contributed by atoms with E-state index in [1.54, 1.807) is 0 Å². The van der Waals surface area contributed by atoms with Crippen LogP contribution in [0.1, 0.15) is 12.8 Å². The first kappa shape index (κ1) is 15.7. The summed E-state index contributed by atoms with van der Waals surface area (Å²) in [5.74, 6) is 0.113. The van der Waals surface area contributed by atoms with Gasteiger partial charge in [0.15, 0.2) is 0 Å². The second-order valence-corrected chi connectivity index (χ2v) is 7.62. The van der Waals surface area contributed by atoms with Crippen LogP contribution < -0.4 is 4.74 Å². The zero-order valence-electron chi connectivity index (χ0n) is 12.0. The first-order valence-electron chi connectivity index (χ1n) is 6.98. The molecule has 1 saturated heterocycles. The average molecular weight is 342 g/mol. The summed E-state index contributed by atoms with van der Waals surface area (Å²) in [5, 5.41) is 10.2. The molecule has 1 aliphatic heterocycles. The van der Waals surface area contributed by atoms with Gasteiger partial charge in [0.2, 0.25) is 10.0 Å². The molecule has 124 valence electrons. The quantitative estimate of drug-likeness (QED) is 0.342. The Bertz CT molecular complexity index is 721. The Hall–Kier alpha value is -2.20. The topological polar surface area (TPSA) is 116 Å². The summed E-state index contributed by atoms with van der Waals surface area (Å²) in [6.45, 7) is 0.266. The standard InChI is InChI=1S/C13H14N2O7S/c16-13(21-10-3-1-9(2-4-10)15(17)18)22-11-7-14(8-11)23(19,20)12-5-6-12/h1-4,11-12H,5-8H2. The molecule has 3 rings (SSSR count). The van der Waals surface area contributed by atoms with Crippen molar-refractivity contribution in [3.05, 3.63) is 34.4 Å². The van der Waals surface area contributed by atoms with E-state index in [4.69, 9.17) is 9.47 Å². The summed E-state index contributed by atoms with van der Waals surface area (Å²) in [7, 11) is -3.23. The molecular formula is C13H14N2O7S. The molecule has 0 N–H and O–H groups in total. The number of nitro groups is 1. The first-order chi connectivity index (χ1) is 10.9. The summed E-state index contributed by atoms with van der Waals surface area (Å²) in [6.07, 6.45) is -0.125. The highest BCUT2D eigenvalue weighted by Crippen LogP contribution is 2.33. The highest BCUT2D eigenvalue weighted by Gasteiger charge is 2.46. The van der Waals surface area contributed by atoms with Crippen LogP contribution >= 0.6 is 0 Å². The third-order valence-corrected chi connectivity index (χ3v) is 5.96. The normalized spacial score (nSPS) is 19.0. The lowest BCUT2D eigenvalue weighted by Gasteiger charge is -2.36.